The summed E-state index contributed by atoms with van der Waals surface area (Å²) in [6, 6.07) is 2.11. The van der Waals surface area contributed by atoms with E-state index in [0.29, 0.717) is 18.9 Å². The monoisotopic (exact) mass is 274 g/mol. The third kappa shape index (κ3) is 2.81. The Kier molecular flexibility index (Phi) is 3.66. The van der Waals surface area contributed by atoms with Crippen LogP contribution in [0.1, 0.15) is 22.0 Å². The summed E-state index contributed by atoms with van der Waals surface area (Å²) in [4.78, 5) is 11.7. The van der Waals surface area contributed by atoms with Gasteiger partial charge in [0.1, 0.15) is 18.4 Å². The molecule has 0 aliphatic carbocycles. The predicted octanol–water partition coefficient (Wildman–Crippen LogP) is 1.63. The molecule has 1 aromatic carbocycles. The maximum Gasteiger partial charge on any atom is 0.407 e. The number of fused-ring (bicyclic) bond motifs is 1. The summed E-state index contributed by atoms with van der Waals surface area (Å²) >= 11 is 0. The van der Waals surface area contributed by atoms with Crippen molar-refractivity contribution in [3.05, 3.63) is 29.3 Å². The summed E-state index contributed by atoms with van der Waals surface area (Å²) in [6.07, 6.45) is -4.43. The molecule has 0 saturated heterocycles. The van der Waals surface area contributed by atoms with Crippen molar-refractivity contribution in [2.24, 2.45) is 0 Å². The van der Waals surface area contributed by atoms with E-state index in [0.717, 1.165) is 0 Å². The molecule has 1 aliphatic rings. The second-order valence-corrected chi connectivity index (χ2v) is 4.12. The number of carbonyl (C=O) groups is 1. The summed E-state index contributed by atoms with van der Waals surface area (Å²) in [5, 5.41) is 4.76. The summed E-state index contributed by atoms with van der Waals surface area (Å²) in [5.41, 5.74) is 0.105. The average molecular weight is 274 g/mol. The van der Waals surface area contributed by atoms with Crippen LogP contribution in [-0.4, -0.2) is 32.3 Å². The third-order valence-corrected chi connectivity index (χ3v) is 2.84. The molecule has 104 valence electrons. The molecule has 19 heavy (non-hydrogen) atoms. The van der Waals surface area contributed by atoms with Crippen molar-refractivity contribution >= 4 is 5.91 Å². The number of benzene rings is 1. The van der Waals surface area contributed by atoms with Crippen LogP contribution in [0.25, 0.3) is 0 Å². The van der Waals surface area contributed by atoms with Crippen LogP contribution in [0.2, 0.25) is 0 Å². The van der Waals surface area contributed by atoms with Gasteiger partial charge in [0.05, 0.1) is 12.1 Å². The van der Waals surface area contributed by atoms with Crippen molar-refractivity contribution in [1.82, 2.24) is 10.6 Å². The number of rotatable bonds is 2. The molecule has 7 heteroatoms. The number of hydrogen-bond acceptors (Lipinski definition) is 3. The molecule has 0 aromatic heterocycles. The first-order valence-electron chi connectivity index (χ1n) is 5.72. The molecule has 1 amide bonds. The van der Waals surface area contributed by atoms with E-state index < -0.39 is 18.1 Å². The van der Waals surface area contributed by atoms with Gasteiger partial charge in [-0.25, -0.2) is 0 Å². The Morgan fingerprint density at radius 1 is 1.42 bits per heavy atom. The number of hydrogen-bond donors (Lipinski definition) is 2. The molecule has 1 aromatic rings. The highest BCUT2D eigenvalue weighted by atomic mass is 19.4. The lowest BCUT2D eigenvalue weighted by Gasteiger charge is -2.20. The Labute approximate surface area is 107 Å². The Bertz CT molecular complexity index is 488. The van der Waals surface area contributed by atoms with E-state index in [9.17, 15) is 18.0 Å². The van der Waals surface area contributed by atoms with Gasteiger partial charge in [0.25, 0.3) is 5.91 Å². The number of amides is 1. The molecule has 1 heterocycles. The summed E-state index contributed by atoms with van der Waals surface area (Å²) in [6.45, 7) is 0.629. The second-order valence-electron chi connectivity index (χ2n) is 4.12. The first kappa shape index (κ1) is 13.7. The van der Waals surface area contributed by atoms with Gasteiger partial charge in [0.2, 0.25) is 0 Å². The summed E-state index contributed by atoms with van der Waals surface area (Å²) in [5.74, 6) is -0.123. The lowest BCUT2D eigenvalue weighted by molar-refractivity contribution is -0.156. The van der Waals surface area contributed by atoms with E-state index in [2.05, 4.69) is 10.6 Å². The third-order valence-electron chi connectivity index (χ3n) is 2.84. The Balaban J connectivity index is 2.42. The fraction of sp³-hybridized carbons (Fsp3) is 0.417. The minimum Gasteiger partial charge on any atom is -0.491 e. The number of carbonyl (C=O) groups excluding carboxylic acids is 1. The summed E-state index contributed by atoms with van der Waals surface area (Å²) < 4.78 is 43.8. The number of halogens is 3. The van der Waals surface area contributed by atoms with Crippen LogP contribution in [0.4, 0.5) is 13.2 Å². The zero-order valence-corrected chi connectivity index (χ0v) is 10.2. The van der Waals surface area contributed by atoms with Crippen molar-refractivity contribution in [3.63, 3.8) is 0 Å². The highest BCUT2D eigenvalue weighted by Crippen LogP contribution is 2.34. The fourth-order valence-electron chi connectivity index (χ4n) is 1.97. The molecule has 0 radical (unpaired) electrons. The SMILES string of the molecule is CNC(c1ccc2c(c1)C(=O)NCCO2)C(F)(F)F. The molecular weight excluding hydrogens is 261 g/mol. The molecule has 1 atom stereocenters. The maximum absolute atomic E-state index is 12.8. The lowest BCUT2D eigenvalue weighted by atomic mass is 10.0. The normalized spacial score (nSPS) is 16.9. The number of nitrogens with one attached hydrogen (secondary N) is 2. The standard InChI is InChI=1S/C12H13F3N2O2/c1-16-10(12(13,14)15)7-2-3-9-8(6-7)11(18)17-4-5-19-9/h2-3,6,10,16H,4-5H2,1H3,(H,17,18). The van der Waals surface area contributed by atoms with Crippen molar-refractivity contribution in [1.29, 1.82) is 0 Å². The van der Waals surface area contributed by atoms with Crippen LogP contribution in [0.5, 0.6) is 5.75 Å². The second kappa shape index (κ2) is 5.08. The van der Waals surface area contributed by atoms with E-state index in [4.69, 9.17) is 4.74 Å². The van der Waals surface area contributed by atoms with Gasteiger partial charge in [-0.15, -0.1) is 0 Å². The van der Waals surface area contributed by atoms with Crippen LogP contribution in [0.15, 0.2) is 18.2 Å². The molecule has 0 bridgehead atoms. The Morgan fingerprint density at radius 2 is 2.16 bits per heavy atom. The van der Waals surface area contributed by atoms with E-state index in [1.54, 1.807) is 0 Å². The Hall–Kier alpha value is -1.76. The molecule has 2 rings (SSSR count). The molecule has 0 spiro atoms. The molecule has 1 unspecified atom stereocenters. The highest BCUT2D eigenvalue weighted by Gasteiger charge is 2.40. The largest absolute Gasteiger partial charge is 0.491 e. The smallest absolute Gasteiger partial charge is 0.407 e. The van der Waals surface area contributed by atoms with Crippen molar-refractivity contribution < 1.29 is 22.7 Å². The molecular formula is C12H13F3N2O2. The van der Waals surface area contributed by atoms with Gasteiger partial charge in [-0.05, 0) is 24.7 Å². The highest BCUT2D eigenvalue weighted by molar-refractivity contribution is 5.97. The minimum absolute atomic E-state index is 0.0191. The predicted molar refractivity (Wildman–Crippen MR) is 62.1 cm³/mol. The fourth-order valence-corrected chi connectivity index (χ4v) is 1.97. The van der Waals surface area contributed by atoms with Crippen LogP contribution >= 0.6 is 0 Å². The molecule has 2 N–H and O–H groups in total. The van der Waals surface area contributed by atoms with Gasteiger partial charge >= 0.3 is 6.18 Å². The lowest BCUT2D eigenvalue weighted by Crippen LogP contribution is -2.32. The number of alkyl halides is 3. The van der Waals surface area contributed by atoms with E-state index in [1.165, 1.54) is 25.2 Å². The average Bonchev–Trinajstić information content (AvgIpc) is 2.51. The maximum atomic E-state index is 12.8. The Morgan fingerprint density at radius 3 is 2.79 bits per heavy atom. The van der Waals surface area contributed by atoms with Crippen molar-refractivity contribution in [2.75, 3.05) is 20.2 Å². The molecule has 0 saturated carbocycles. The van der Waals surface area contributed by atoms with Gasteiger partial charge in [-0.3, -0.25) is 4.79 Å². The van der Waals surface area contributed by atoms with Crippen molar-refractivity contribution in [2.45, 2.75) is 12.2 Å². The first-order chi connectivity index (χ1) is 8.93. The quantitative estimate of drug-likeness (QED) is 0.862. The summed E-state index contributed by atoms with van der Waals surface area (Å²) in [7, 11) is 1.22. The van der Waals surface area contributed by atoms with E-state index in [1.807, 2.05) is 0 Å². The molecule has 1 aliphatic heterocycles. The molecule has 0 fully saturated rings. The van der Waals surface area contributed by atoms with Crippen LogP contribution < -0.4 is 15.4 Å². The van der Waals surface area contributed by atoms with E-state index >= 15 is 0 Å². The molecule has 4 nitrogen and oxygen atoms in total. The first-order valence-corrected chi connectivity index (χ1v) is 5.72. The zero-order valence-electron chi connectivity index (χ0n) is 10.2. The van der Waals surface area contributed by atoms with Crippen molar-refractivity contribution in [3.8, 4) is 5.75 Å². The van der Waals surface area contributed by atoms with Gasteiger partial charge in [-0.2, -0.15) is 13.2 Å². The van der Waals surface area contributed by atoms with Gasteiger partial charge in [0.15, 0.2) is 0 Å². The zero-order chi connectivity index (χ0) is 14.0. The minimum atomic E-state index is -4.43. The van der Waals surface area contributed by atoms with Gasteiger partial charge in [0, 0.05) is 0 Å². The van der Waals surface area contributed by atoms with Crippen LogP contribution in [-0.2, 0) is 0 Å². The van der Waals surface area contributed by atoms with Gasteiger partial charge in [-0.1, -0.05) is 6.07 Å². The topological polar surface area (TPSA) is 50.4 Å². The van der Waals surface area contributed by atoms with Crippen LogP contribution in [0.3, 0.4) is 0 Å². The van der Waals surface area contributed by atoms with Gasteiger partial charge < -0.3 is 15.4 Å². The van der Waals surface area contributed by atoms with E-state index in [-0.39, 0.29) is 11.1 Å². The van der Waals surface area contributed by atoms with Crippen LogP contribution in [0, 0.1) is 0 Å². The number of ether oxygens (including phenoxy) is 1.